The van der Waals surface area contributed by atoms with Crippen LogP contribution in [0.5, 0.6) is 0 Å². The predicted molar refractivity (Wildman–Crippen MR) is 65.8 cm³/mol. The maximum Gasteiger partial charge on any atom is 0.100 e. The summed E-state index contributed by atoms with van der Waals surface area (Å²) in [5.74, 6) is 0.191. The summed E-state index contributed by atoms with van der Waals surface area (Å²) in [4.78, 5) is 0. The Labute approximate surface area is 101 Å². The van der Waals surface area contributed by atoms with E-state index in [-0.39, 0.29) is 5.92 Å². The number of nitrogens with zero attached hydrogens (tertiary/aromatic N) is 3. The SMILES string of the molecule is CCC(C)C(O)c1cnnn1-c1ccccc1. The predicted octanol–water partition coefficient (Wildman–Crippen LogP) is 2.35. The zero-order valence-electron chi connectivity index (χ0n) is 10.1. The molecule has 0 saturated carbocycles. The van der Waals surface area contributed by atoms with Crippen molar-refractivity contribution in [3.63, 3.8) is 0 Å². The lowest BCUT2D eigenvalue weighted by molar-refractivity contribution is 0.109. The van der Waals surface area contributed by atoms with Crippen LogP contribution in [0.2, 0.25) is 0 Å². The number of para-hydroxylation sites is 1. The minimum Gasteiger partial charge on any atom is -0.386 e. The van der Waals surface area contributed by atoms with E-state index in [2.05, 4.69) is 17.2 Å². The fourth-order valence-electron chi connectivity index (χ4n) is 1.73. The highest BCUT2D eigenvalue weighted by atomic mass is 16.3. The monoisotopic (exact) mass is 231 g/mol. The summed E-state index contributed by atoms with van der Waals surface area (Å²) < 4.78 is 1.69. The average molecular weight is 231 g/mol. The number of benzene rings is 1. The van der Waals surface area contributed by atoms with Gasteiger partial charge in [0.25, 0.3) is 0 Å². The van der Waals surface area contributed by atoms with Crippen LogP contribution >= 0.6 is 0 Å². The van der Waals surface area contributed by atoms with Crippen molar-refractivity contribution in [2.75, 3.05) is 0 Å². The zero-order chi connectivity index (χ0) is 12.3. The first-order valence-electron chi connectivity index (χ1n) is 5.88. The second-order valence-corrected chi connectivity index (χ2v) is 4.24. The Kier molecular flexibility index (Phi) is 3.54. The molecule has 0 aliphatic carbocycles. The summed E-state index contributed by atoms with van der Waals surface area (Å²) >= 11 is 0. The van der Waals surface area contributed by atoms with Crippen LogP contribution in [0.1, 0.15) is 32.1 Å². The average Bonchev–Trinajstić information content (AvgIpc) is 2.87. The van der Waals surface area contributed by atoms with Gasteiger partial charge in [0.2, 0.25) is 0 Å². The van der Waals surface area contributed by atoms with Crippen molar-refractivity contribution in [3.8, 4) is 5.69 Å². The third-order valence-electron chi connectivity index (χ3n) is 3.06. The Bertz CT molecular complexity index is 467. The van der Waals surface area contributed by atoms with E-state index in [1.165, 1.54) is 0 Å². The lowest BCUT2D eigenvalue weighted by Gasteiger charge is -2.17. The van der Waals surface area contributed by atoms with Crippen LogP contribution in [0.25, 0.3) is 5.69 Å². The molecule has 90 valence electrons. The van der Waals surface area contributed by atoms with Crippen LogP contribution in [-0.4, -0.2) is 20.1 Å². The molecule has 2 unspecified atom stereocenters. The summed E-state index contributed by atoms with van der Waals surface area (Å²) in [6, 6.07) is 9.72. The quantitative estimate of drug-likeness (QED) is 0.878. The smallest absolute Gasteiger partial charge is 0.100 e. The summed E-state index contributed by atoms with van der Waals surface area (Å²) in [7, 11) is 0. The van der Waals surface area contributed by atoms with Crippen molar-refractivity contribution in [3.05, 3.63) is 42.2 Å². The van der Waals surface area contributed by atoms with Gasteiger partial charge >= 0.3 is 0 Å². The molecular formula is C13H17N3O. The van der Waals surface area contributed by atoms with Crippen molar-refractivity contribution in [1.29, 1.82) is 0 Å². The minimum atomic E-state index is -0.532. The Hall–Kier alpha value is -1.68. The van der Waals surface area contributed by atoms with Crippen molar-refractivity contribution in [2.45, 2.75) is 26.4 Å². The van der Waals surface area contributed by atoms with Crippen LogP contribution < -0.4 is 0 Å². The highest BCUT2D eigenvalue weighted by molar-refractivity contribution is 5.32. The molecule has 4 nitrogen and oxygen atoms in total. The van der Waals surface area contributed by atoms with E-state index in [1.54, 1.807) is 10.9 Å². The Morgan fingerprint density at radius 1 is 1.29 bits per heavy atom. The number of hydrogen-bond donors (Lipinski definition) is 1. The minimum absolute atomic E-state index is 0.191. The molecule has 17 heavy (non-hydrogen) atoms. The second-order valence-electron chi connectivity index (χ2n) is 4.24. The first kappa shape index (κ1) is 11.8. The Balaban J connectivity index is 2.35. The summed E-state index contributed by atoms with van der Waals surface area (Å²) in [6.45, 7) is 4.08. The van der Waals surface area contributed by atoms with Crippen molar-refractivity contribution in [1.82, 2.24) is 15.0 Å². The van der Waals surface area contributed by atoms with E-state index >= 15 is 0 Å². The fourth-order valence-corrected chi connectivity index (χ4v) is 1.73. The van der Waals surface area contributed by atoms with Gasteiger partial charge in [-0.05, 0) is 18.1 Å². The summed E-state index contributed by atoms with van der Waals surface area (Å²) in [5, 5.41) is 18.1. The number of aromatic nitrogens is 3. The van der Waals surface area contributed by atoms with Crippen molar-refractivity contribution >= 4 is 0 Å². The number of aliphatic hydroxyl groups is 1. The molecule has 2 aromatic rings. The van der Waals surface area contributed by atoms with Gasteiger partial charge in [-0.3, -0.25) is 0 Å². The van der Waals surface area contributed by atoms with E-state index in [4.69, 9.17) is 0 Å². The van der Waals surface area contributed by atoms with Crippen molar-refractivity contribution in [2.24, 2.45) is 5.92 Å². The van der Waals surface area contributed by atoms with Gasteiger partial charge < -0.3 is 5.11 Å². The van der Waals surface area contributed by atoms with E-state index in [0.29, 0.717) is 0 Å². The van der Waals surface area contributed by atoms with Gasteiger partial charge in [0, 0.05) is 0 Å². The normalized spacial score (nSPS) is 14.5. The second kappa shape index (κ2) is 5.10. The maximum atomic E-state index is 10.2. The molecule has 0 spiro atoms. The third-order valence-corrected chi connectivity index (χ3v) is 3.06. The molecule has 2 rings (SSSR count). The van der Waals surface area contributed by atoms with Gasteiger partial charge in [0.15, 0.2) is 0 Å². The van der Waals surface area contributed by atoms with Gasteiger partial charge in [-0.25, -0.2) is 4.68 Å². The van der Waals surface area contributed by atoms with E-state index in [1.807, 2.05) is 37.3 Å². The van der Waals surface area contributed by atoms with Crippen LogP contribution in [0, 0.1) is 5.92 Å². The van der Waals surface area contributed by atoms with Crippen LogP contribution in [0.4, 0.5) is 0 Å². The van der Waals surface area contributed by atoms with Crippen LogP contribution in [0.15, 0.2) is 36.5 Å². The standard InChI is InChI=1S/C13H17N3O/c1-3-10(2)13(17)12-9-14-15-16(12)11-7-5-4-6-8-11/h4-10,13,17H,3H2,1-2H3. The molecule has 1 N–H and O–H groups in total. The number of hydrogen-bond acceptors (Lipinski definition) is 3. The molecule has 0 fully saturated rings. The third kappa shape index (κ3) is 2.36. The van der Waals surface area contributed by atoms with E-state index < -0.39 is 6.10 Å². The molecule has 2 atom stereocenters. The number of aliphatic hydroxyl groups excluding tert-OH is 1. The lowest BCUT2D eigenvalue weighted by atomic mass is 9.99. The molecule has 0 amide bonds. The van der Waals surface area contributed by atoms with Gasteiger partial charge in [0.05, 0.1) is 17.6 Å². The molecule has 0 saturated heterocycles. The fraction of sp³-hybridized carbons (Fsp3) is 0.385. The highest BCUT2D eigenvalue weighted by Crippen LogP contribution is 2.24. The molecule has 1 aromatic heterocycles. The summed E-state index contributed by atoms with van der Waals surface area (Å²) in [5.41, 5.74) is 1.66. The lowest BCUT2D eigenvalue weighted by Crippen LogP contribution is -2.13. The van der Waals surface area contributed by atoms with Gasteiger partial charge in [-0.2, -0.15) is 0 Å². The maximum absolute atomic E-state index is 10.2. The number of rotatable bonds is 4. The van der Waals surface area contributed by atoms with Crippen LogP contribution in [-0.2, 0) is 0 Å². The molecule has 0 bridgehead atoms. The topological polar surface area (TPSA) is 50.9 Å². The van der Waals surface area contributed by atoms with E-state index in [9.17, 15) is 5.11 Å². The molecule has 1 aromatic carbocycles. The molecule has 1 heterocycles. The first-order chi connectivity index (χ1) is 8.24. The Morgan fingerprint density at radius 3 is 2.65 bits per heavy atom. The molecule has 4 heteroatoms. The molecule has 0 aliphatic heterocycles. The summed E-state index contributed by atoms with van der Waals surface area (Å²) in [6.07, 6.45) is 2.01. The molecule has 0 radical (unpaired) electrons. The van der Waals surface area contributed by atoms with Gasteiger partial charge in [-0.1, -0.05) is 43.7 Å². The van der Waals surface area contributed by atoms with Crippen molar-refractivity contribution < 1.29 is 5.11 Å². The first-order valence-corrected chi connectivity index (χ1v) is 5.88. The molecular weight excluding hydrogens is 214 g/mol. The largest absolute Gasteiger partial charge is 0.386 e. The molecule has 0 aliphatic rings. The Morgan fingerprint density at radius 2 is 2.00 bits per heavy atom. The van der Waals surface area contributed by atoms with Gasteiger partial charge in [0.1, 0.15) is 6.10 Å². The zero-order valence-corrected chi connectivity index (χ0v) is 10.1. The van der Waals surface area contributed by atoms with Gasteiger partial charge in [-0.15, -0.1) is 5.10 Å². The highest BCUT2D eigenvalue weighted by Gasteiger charge is 2.20. The van der Waals surface area contributed by atoms with Crippen LogP contribution in [0.3, 0.4) is 0 Å². The van der Waals surface area contributed by atoms with E-state index in [0.717, 1.165) is 17.8 Å².